The normalized spacial score (nSPS) is 11.1. The molecule has 0 saturated heterocycles. The average Bonchev–Trinajstić information content (AvgIpc) is 3.58. The van der Waals surface area contributed by atoms with Crippen LogP contribution in [-0.2, 0) is 22.7 Å². The first-order valence-corrected chi connectivity index (χ1v) is 15.4. The third-order valence-corrected chi connectivity index (χ3v) is 9.04. The number of aromatic nitrogens is 4. The predicted octanol–water partition coefficient (Wildman–Crippen LogP) is 5.44. The zero-order valence-corrected chi connectivity index (χ0v) is 24.4. The van der Waals surface area contributed by atoms with Crippen molar-refractivity contribution in [3.05, 3.63) is 78.1 Å². The third-order valence-electron chi connectivity index (χ3n) is 5.92. The molecule has 13 heteroatoms. The van der Waals surface area contributed by atoms with Gasteiger partial charge >= 0.3 is 0 Å². The Bertz CT molecular complexity index is 1670. The summed E-state index contributed by atoms with van der Waals surface area (Å²) in [6.07, 6.45) is 0. The third kappa shape index (κ3) is 7.43. The number of carbonyl (C=O) groups excluding carboxylic acids is 2. The van der Waals surface area contributed by atoms with Gasteiger partial charge in [-0.3, -0.25) is 9.59 Å². The molecule has 0 saturated carbocycles. The Balaban J connectivity index is 1.13. The number of nitrogens with two attached hydrogens (primary N) is 1. The van der Waals surface area contributed by atoms with E-state index in [4.69, 9.17) is 5.73 Å². The predicted molar refractivity (Wildman–Crippen MR) is 163 cm³/mol. The number of thiazole rings is 1. The van der Waals surface area contributed by atoms with E-state index >= 15 is 0 Å². The van der Waals surface area contributed by atoms with E-state index in [9.17, 15) is 14.0 Å². The number of halogens is 1. The molecule has 0 radical (unpaired) electrons. The van der Waals surface area contributed by atoms with Crippen LogP contribution in [0.5, 0.6) is 0 Å². The van der Waals surface area contributed by atoms with Crippen LogP contribution in [0.3, 0.4) is 0 Å². The average molecular weight is 608 g/mol. The summed E-state index contributed by atoms with van der Waals surface area (Å²) in [5.74, 6) is 0.508. The van der Waals surface area contributed by atoms with Gasteiger partial charge in [-0.05, 0) is 67.1 Å². The fraction of sp³-hybridized carbons (Fsp3) is 0.179. The molecule has 4 N–H and O–H groups in total. The van der Waals surface area contributed by atoms with Crippen LogP contribution in [0.25, 0.3) is 21.6 Å². The molecule has 0 bridgehead atoms. The van der Waals surface area contributed by atoms with Crippen LogP contribution in [0.1, 0.15) is 12.5 Å². The summed E-state index contributed by atoms with van der Waals surface area (Å²) in [6.45, 7) is 3.00. The maximum atomic E-state index is 13.0. The molecule has 0 aliphatic carbocycles. The van der Waals surface area contributed by atoms with Crippen molar-refractivity contribution in [1.82, 2.24) is 25.1 Å². The van der Waals surface area contributed by atoms with Gasteiger partial charge in [0.1, 0.15) is 5.82 Å². The fourth-order valence-electron chi connectivity index (χ4n) is 3.88. The van der Waals surface area contributed by atoms with Gasteiger partial charge in [0, 0.05) is 30.0 Å². The van der Waals surface area contributed by atoms with Crippen molar-refractivity contribution in [2.75, 3.05) is 22.6 Å². The van der Waals surface area contributed by atoms with Crippen LogP contribution < -0.4 is 16.4 Å². The van der Waals surface area contributed by atoms with Crippen molar-refractivity contribution < 1.29 is 14.0 Å². The van der Waals surface area contributed by atoms with Gasteiger partial charge in [0.15, 0.2) is 15.3 Å². The molecule has 210 valence electrons. The highest BCUT2D eigenvalue weighted by atomic mass is 32.2. The van der Waals surface area contributed by atoms with Crippen LogP contribution in [-0.4, -0.2) is 43.1 Å². The molecule has 2 amide bonds. The Kier molecular flexibility index (Phi) is 9.17. The minimum atomic E-state index is -0.310. The van der Waals surface area contributed by atoms with Gasteiger partial charge in [-0.1, -0.05) is 35.7 Å². The standard InChI is InChI=1S/C28H26FN7O2S3/c1-2-36-26(18-5-9-20(30)10-6-18)34-35-27(36)39-16-25(38)32-21-11-12-22-23(13-21)41-28(33-22)40-15-24(37)31-14-17-3-7-19(29)8-4-17/h3-13H,2,14-16,30H2,1H3,(H,31,37)(H,32,38). The summed E-state index contributed by atoms with van der Waals surface area (Å²) in [4.78, 5) is 29.5. The van der Waals surface area contributed by atoms with Crippen LogP contribution in [0.4, 0.5) is 15.8 Å². The zero-order chi connectivity index (χ0) is 28.8. The number of nitrogen functional groups attached to an aromatic ring is 1. The quantitative estimate of drug-likeness (QED) is 0.134. The molecule has 0 aliphatic heterocycles. The van der Waals surface area contributed by atoms with Crippen molar-refractivity contribution in [2.24, 2.45) is 0 Å². The summed E-state index contributed by atoms with van der Waals surface area (Å²) < 4.78 is 16.7. The van der Waals surface area contributed by atoms with Gasteiger partial charge in [0.2, 0.25) is 11.8 Å². The molecule has 5 aromatic rings. The Labute approximate surface area is 248 Å². The highest BCUT2D eigenvalue weighted by Gasteiger charge is 2.15. The number of benzene rings is 3. The summed E-state index contributed by atoms with van der Waals surface area (Å²) in [7, 11) is 0. The molecule has 0 atom stereocenters. The Hall–Kier alpha value is -3.94. The lowest BCUT2D eigenvalue weighted by Gasteiger charge is -2.08. The topological polar surface area (TPSA) is 128 Å². The number of thioether (sulfide) groups is 2. The number of nitrogens with one attached hydrogen (secondary N) is 2. The number of fused-ring (bicyclic) bond motifs is 1. The number of hydrogen-bond donors (Lipinski definition) is 3. The largest absolute Gasteiger partial charge is 0.399 e. The number of amides is 2. The van der Waals surface area contributed by atoms with E-state index in [0.29, 0.717) is 29.6 Å². The summed E-state index contributed by atoms with van der Waals surface area (Å²) in [5.41, 5.74) is 9.67. The number of anilines is 2. The van der Waals surface area contributed by atoms with Crippen molar-refractivity contribution in [2.45, 2.75) is 29.5 Å². The molecule has 9 nitrogen and oxygen atoms in total. The highest BCUT2D eigenvalue weighted by Crippen LogP contribution is 2.31. The second-order valence-corrected chi connectivity index (χ2v) is 12.1. The lowest BCUT2D eigenvalue weighted by atomic mass is 10.2. The van der Waals surface area contributed by atoms with Crippen molar-refractivity contribution in [3.8, 4) is 11.4 Å². The van der Waals surface area contributed by atoms with Crippen LogP contribution in [0, 0.1) is 5.82 Å². The summed E-state index contributed by atoms with van der Waals surface area (Å²) in [6, 6.07) is 19.0. The van der Waals surface area contributed by atoms with Crippen molar-refractivity contribution in [3.63, 3.8) is 0 Å². The number of carbonyl (C=O) groups is 2. The first-order valence-electron chi connectivity index (χ1n) is 12.6. The van der Waals surface area contributed by atoms with Crippen molar-refractivity contribution in [1.29, 1.82) is 0 Å². The van der Waals surface area contributed by atoms with E-state index in [1.165, 1.54) is 47.0 Å². The molecule has 0 aliphatic rings. The fourth-order valence-corrected chi connectivity index (χ4v) is 6.62. The van der Waals surface area contributed by atoms with Gasteiger partial charge in [-0.15, -0.1) is 21.5 Å². The van der Waals surface area contributed by atoms with E-state index in [1.54, 1.807) is 12.1 Å². The Morgan fingerprint density at radius 1 is 0.976 bits per heavy atom. The van der Waals surface area contributed by atoms with E-state index < -0.39 is 0 Å². The van der Waals surface area contributed by atoms with Gasteiger partial charge in [-0.2, -0.15) is 0 Å². The highest BCUT2D eigenvalue weighted by molar-refractivity contribution is 8.01. The summed E-state index contributed by atoms with van der Waals surface area (Å²) >= 11 is 4.13. The molecule has 0 unspecified atom stereocenters. The Morgan fingerprint density at radius 2 is 1.73 bits per heavy atom. The molecule has 5 rings (SSSR count). The van der Waals surface area contributed by atoms with Crippen LogP contribution in [0.2, 0.25) is 0 Å². The van der Waals surface area contributed by atoms with E-state index in [-0.39, 0.29) is 29.1 Å². The number of nitrogens with zero attached hydrogens (tertiary/aromatic N) is 4. The minimum Gasteiger partial charge on any atom is -0.399 e. The van der Waals surface area contributed by atoms with E-state index in [0.717, 1.165) is 31.5 Å². The van der Waals surface area contributed by atoms with Crippen molar-refractivity contribution >= 4 is 68.3 Å². The molecular weight excluding hydrogens is 582 g/mol. The molecule has 3 aromatic carbocycles. The Morgan fingerprint density at radius 3 is 2.49 bits per heavy atom. The number of hydrogen-bond acceptors (Lipinski definition) is 9. The lowest BCUT2D eigenvalue weighted by molar-refractivity contribution is -0.118. The molecule has 0 spiro atoms. The smallest absolute Gasteiger partial charge is 0.234 e. The second-order valence-electron chi connectivity index (χ2n) is 8.86. The van der Waals surface area contributed by atoms with Gasteiger partial charge < -0.3 is 20.9 Å². The van der Waals surface area contributed by atoms with Crippen LogP contribution in [0.15, 0.2) is 76.2 Å². The van der Waals surface area contributed by atoms with E-state index in [2.05, 4.69) is 25.8 Å². The first-order chi connectivity index (χ1) is 19.9. The molecule has 41 heavy (non-hydrogen) atoms. The van der Waals surface area contributed by atoms with Gasteiger partial charge in [-0.25, -0.2) is 9.37 Å². The second kappa shape index (κ2) is 13.1. The van der Waals surface area contributed by atoms with Gasteiger partial charge in [0.05, 0.1) is 21.7 Å². The molecule has 2 aromatic heterocycles. The maximum absolute atomic E-state index is 13.0. The first kappa shape index (κ1) is 28.6. The summed E-state index contributed by atoms with van der Waals surface area (Å²) in [5, 5.41) is 15.0. The minimum absolute atomic E-state index is 0.136. The molecular formula is C28H26FN7O2S3. The monoisotopic (exact) mass is 607 g/mol. The number of rotatable bonds is 11. The van der Waals surface area contributed by atoms with Crippen LogP contribution >= 0.6 is 34.9 Å². The lowest BCUT2D eigenvalue weighted by Crippen LogP contribution is -2.24. The SMILES string of the molecule is CCn1c(SCC(=O)Nc2ccc3nc(SCC(=O)NCc4ccc(F)cc4)sc3c2)nnc1-c1ccc(N)cc1. The van der Waals surface area contributed by atoms with E-state index in [1.807, 2.05) is 54.0 Å². The molecule has 2 heterocycles. The van der Waals surface area contributed by atoms with Gasteiger partial charge in [0.25, 0.3) is 0 Å². The molecule has 0 fully saturated rings. The zero-order valence-electron chi connectivity index (χ0n) is 22.0. The maximum Gasteiger partial charge on any atom is 0.234 e.